The molecular formula is C14H20BrClO. The van der Waals surface area contributed by atoms with Crippen LogP contribution in [0, 0.1) is 0 Å². The predicted octanol–water partition coefficient (Wildman–Crippen LogP) is 5.19. The van der Waals surface area contributed by atoms with Crippen LogP contribution in [0.15, 0.2) is 12.1 Å². The second-order valence-corrected chi connectivity index (χ2v) is 5.59. The van der Waals surface area contributed by atoms with Gasteiger partial charge in [0.05, 0.1) is 6.61 Å². The highest BCUT2D eigenvalue weighted by Gasteiger charge is 2.14. The second kappa shape index (κ2) is 7.27. The molecule has 1 aromatic carbocycles. The van der Waals surface area contributed by atoms with Gasteiger partial charge in [-0.2, -0.15) is 0 Å². The minimum absolute atomic E-state index is 0.429. The standard InChI is InChI=1S/C14H20BrClO/c1-4-17-14-11(6-5-7-15)8-12(16)9-13(14)10(2)3/h8-10H,4-7H2,1-3H3. The molecular weight excluding hydrogens is 300 g/mol. The maximum Gasteiger partial charge on any atom is 0.126 e. The van der Waals surface area contributed by atoms with Crippen molar-refractivity contribution in [3.05, 3.63) is 28.3 Å². The van der Waals surface area contributed by atoms with E-state index in [1.165, 1.54) is 11.1 Å². The molecule has 0 aliphatic rings. The van der Waals surface area contributed by atoms with E-state index in [2.05, 4.69) is 29.8 Å². The lowest BCUT2D eigenvalue weighted by molar-refractivity contribution is 0.331. The summed E-state index contributed by atoms with van der Waals surface area (Å²) >= 11 is 9.64. The third-order valence-corrected chi connectivity index (χ3v) is 3.43. The minimum Gasteiger partial charge on any atom is -0.493 e. The van der Waals surface area contributed by atoms with Crippen LogP contribution >= 0.6 is 27.5 Å². The van der Waals surface area contributed by atoms with Gasteiger partial charge in [-0.05, 0) is 48.9 Å². The average molecular weight is 320 g/mol. The normalized spacial score (nSPS) is 10.9. The zero-order valence-corrected chi connectivity index (χ0v) is 13.1. The molecule has 1 rings (SSSR count). The number of ether oxygens (including phenoxy) is 1. The third-order valence-electron chi connectivity index (χ3n) is 2.65. The van der Waals surface area contributed by atoms with Gasteiger partial charge in [0.25, 0.3) is 0 Å². The molecule has 0 spiro atoms. The van der Waals surface area contributed by atoms with Crippen molar-refractivity contribution in [2.45, 2.75) is 39.5 Å². The summed E-state index contributed by atoms with van der Waals surface area (Å²) in [6, 6.07) is 4.05. The van der Waals surface area contributed by atoms with E-state index in [1.807, 2.05) is 19.1 Å². The van der Waals surface area contributed by atoms with E-state index in [1.54, 1.807) is 0 Å². The van der Waals surface area contributed by atoms with Gasteiger partial charge < -0.3 is 4.74 Å². The van der Waals surface area contributed by atoms with Gasteiger partial charge in [0.15, 0.2) is 0 Å². The Kier molecular flexibility index (Phi) is 6.35. The van der Waals surface area contributed by atoms with Crippen molar-refractivity contribution in [3.63, 3.8) is 0 Å². The van der Waals surface area contributed by atoms with E-state index in [0.29, 0.717) is 12.5 Å². The molecule has 0 aliphatic heterocycles. The molecule has 96 valence electrons. The number of benzene rings is 1. The highest BCUT2D eigenvalue weighted by Crippen LogP contribution is 2.34. The van der Waals surface area contributed by atoms with Crippen molar-refractivity contribution in [2.75, 3.05) is 11.9 Å². The van der Waals surface area contributed by atoms with Crippen LogP contribution in [-0.2, 0) is 6.42 Å². The first-order valence-electron chi connectivity index (χ1n) is 6.11. The Balaban J connectivity index is 3.14. The van der Waals surface area contributed by atoms with Crippen LogP contribution in [0.5, 0.6) is 5.75 Å². The van der Waals surface area contributed by atoms with Gasteiger partial charge >= 0.3 is 0 Å². The smallest absolute Gasteiger partial charge is 0.126 e. The summed E-state index contributed by atoms with van der Waals surface area (Å²) in [6.07, 6.45) is 2.10. The summed E-state index contributed by atoms with van der Waals surface area (Å²) < 4.78 is 5.81. The van der Waals surface area contributed by atoms with E-state index in [-0.39, 0.29) is 0 Å². The molecule has 0 aromatic heterocycles. The molecule has 3 heteroatoms. The fraction of sp³-hybridized carbons (Fsp3) is 0.571. The highest BCUT2D eigenvalue weighted by molar-refractivity contribution is 9.09. The van der Waals surface area contributed by atoms with Crippen LogP contribution in [0.4, 0.5) is 0 Å². The SMILES string of the molecule is CCOc1c(CCCBr)cc(Cl)cc1C(C)C. The van der Waals surface area contributed by atoms with Crippen molar-refractivity contribution in [3.8, 4) is 5.75 Å². The van der Waals surface area contributed by atoms with Crippen molar-refractivity contribution in [1.82, 2.24) is 0 Å². The van der Waals surface area contributed by atoms with Gasteiger partial charge in [-0.1, -0.05) is 41.4 Å². The fourth-order valence-corrected chi connectivity index (χ4v) is 2.39. The molecule has 0 aliphatic carbocycles. The van der Waals surface area contributed by atoms with Crippen molar-refractivity contribution < 1.29 is 4.74 Å². The van der Waals surface area contributed by atoms with Gasteiger partial charge in [0.1, 0.15) is 5.75 Å². The van der Waals surface area contributed by atoms with Gasteiger partial charge in [0.2, 0.25) is 0 Å². The van der Waals surface area contributed by atoms with Crippen LogP contribution < -0.4 is 4.74 Å². The lowest BCUT2D eigenvalue weighted by Gasteiger charge is -2.18. The van der Waals surface area contributed by atoms with Crippen molar-refractivity contribution >= 4 is 27.5 Å². The van der Waals surface area contributed by atoms with E-state index >= 15 is 0 Å². The second-order valence-electron chi connectivity index (χ2n) is 4.36. The molecule has 0 saturated heterocycles. The number of hydrogen-bond donors (Lipinski definition) is 0. The Morgan fingerprint density at radius 2 is 2.06 bits per heavy atom. The molecule has 17 heavy (non-hydrogen) atoms. The van der Waals surface area contributed by atoms with Crippen LogP contribution in [0.3, 0.4) is 0 Å². The molecule has 0 radical (unpaired) electrons. The summed E-state index contributed by atoms with van der Waals surface area (Å²) in [5.41, 5.74) is 2.44. The first-order valence-corrected chi connectivity index (χ1v) is 7.61. The Hall–Kier alpha value is -0.210. The molecule has 0 amide bonds. The third kappa shape index (κ3) is 4.18. The number of alkyl halides is 1. The van der Waals surface area contributed by atoms with Gasteiger partial charge in [-0.25, -0.2) is 0 Å². The summed E-state index contributed by atoms with van der Waals surface area (Å²) in [5.74, 6) is 1.46. The van der Waals surface area contributed by atoms with Gasteiger partial charge in [-0.3, -0.25) is 0 Å². The monoisotopic (exact) mass is 318 g/mol. The Labute approximate surface area is 118 Å². The van der Waals surface area contributed by atoms with E-state index < -0.39 is 0 Å². The zero-order valence-electron chi connectivity index (χ0n) is 10.7. The molecule has 0 atom stereocenters. The first-order chi connectivity index (χ1) is 8.10. The van der Waals surface area contributed by atoms with E-state index in [9.17, 15) is 0 Å². The Morgan fingerprint density at radius 3 is 2.59 bits per heavy atom. The molecule has 0 bridgehead atoms. The van der Waals surface area contributed by atoms with Crippen LogP contribution in [0.25, 0.3) is 0 Å². The van der Waals surface area contributed by atoms with E-state index in [0.717, 1.165) is 28.9 Å². The maximum absolute atomic E-state index is 6.18. The molecule has 1 aromatic rings. The first kappa shape index (κ1) is 14.8. The largest absolute Gasteiger partial charge is 0.493 e. The quantitative estimate of drug-likeness (QED) is 0.656. The molecule has 0 heterocycles. The van der Waals surface area contributed by atoms with Crippen molar-refractivity contribution in [1.29, 1.82) is 0 Å². The van der Waals surface area contributed by atoms with Crippen LogP contribution in [0.2, 0.25) is 5.02 Å². The molecule has 0 fully saturated rings. The minimum atomic E-state index is 0.429. The van der Waals surface area contributed by atoms with E-state index in [4.69, 9.17) is 16.3 Å². The Bertz CT molecular complexity index is 363. The topological polar surface area (TPSA) is 9.23 Å². The summed E-state index contributed by atoms with van der Waals surface area (Å²) in [5, 5.41) is 1.81. The zero-order chi connectivity index (χ0) is 12.8. The number of aryl methyl sites for hydroxylation is 1. The summed E-state index contributed by atoms with van der Waals surface area (Å²) in [4.78, 5) is 0. The van der Waals surface area contributed by atoms with Gasteiger partial charge in [-0.15, -0.1) is 0 Å². The number of halogens is 2. The van der Waals surface area contributed by atoms with Crippen LogP contribution in [-0.4, -0.2) is 11.9 Å². The molecule has 1 nitrogen and oxygen atoms in total. The molecule has 0 unspecified atom stereocenters. The Morgan fingerprint density at radius 1 is 1.35 bits per heavy atom. The lowest BCUT2D eigenvalue weighted by atomic mass is 9.97. The average Bonchev–Trinajstić information content (AvgIpc) is 2.28. The molecule has 0 saturated carbocycles. The highest BCUT2D eigenvalue weighted by atomic mass is 79.9. The predicted molar refractivity (Wildman–Crippen MR) is 78.8 cm³/mol. The fourth-order valence-electron chi connectivity index (χ4n) is 1.87. The maximum atomic E-state index is 6.18. The van der Waals surface area contributed by atoms with Crippen molar-refractivity contribution in [2.24, 2.45) is 0 Å². The van der Waals surface area contributed by atoms with Crippen LogP contribution in [0.1, 0.15) is 44.2 Å². The number of rotatable bonds is 6. The molecule has 0 N–H and O–H groups in total. The number of hydrogen-bond acceptors (Lipinski definition) is 1. The lowest BCUT2D eigenvalue weighted by Crippen LogP contribution is -2.03. The summed E-state index contributed by atoms with van der Waals surface area (Å²) in [7, 11) is 0. The van der Waals surface area contributed by atoms with Gasteiger partial charge in [0, 0.05) is 10.4 Å². The summed E-state index contributed by atoms with van der Waals surface area (Å²) in [6.45, 7) is 7.06.